The lowest BCUT2D eigenvalue weighted by Crippen LogP contribution is -2.40. The van der Waals surface area contributed by atoms with Gasteiger partial charge in [-0.15, -0.1) is 11.6 Å². The molecule has 2 rings (SSSR count). The van der Waals surface area contributed by atoms with Crippen LogP contribution in [0.5, 0.6) is 0 Å². The number of ether oxygens (including phenoxy) is 1. The number of benzene rings is 1. The minimum absolute atomic E-state index is 0.0740. The number of sulfonamides is 1. The van der Waals surface area contributed by atoms with Crippen LogP contribution in [0.15, 0.2) is 23.1 Å². The fourth-order valence-corrected chi connectivity index (χ4v) is 3.97. The first kappa shape index (κ1) is 15.7. The maximum Gasteiger partial charge on any atom is 0.245 e. The summed E-state index contributed by atoms with van der Waals surface area (Å²) >= 11 is 5.61. The molecule has 20 heavy (non-hydrogen) atoms. The lowest BCUT2D eigenvalue weighted by Gasteiger charge is -2.30. The highest BCUT2D eigenvalue weighted by Gasteiger charge is 2.31. The van der Waals surface area contributed by atoms with E-state index in [1.807, 2.05) is 0 Å². The Balaban J connectivity index is 2.23. The van der Waals surface area contributed by atoms with E-state index >= 15 is 0 Å². The molecule has 1 aliphatic heterocycles. The van der Waals surface area contributed by atoms with Crippen molar-refractivity contribution in [1.82, 2.24) is 4.31 Å². The summed E-state index contributed by atoms with van der Waals surface area (Å²) in [5.41, 5.74) is 0.557. The van der Waals surface area contributed by atoms with E-state index in [4.69, 9.17) is 16.3 Å². The summed E-state index contributed by atoms with van der Waals surface area (Å²) in [6.45, 7) is 0.690. The molecule has 1 aromatic carbocycles. The summed E-state index contributed by atoms with van der Waals surface area (Å²) in [7, 11) is -2.18. The molecule has 1 heterocycles. The fraction of sp³-hybridized carbons (Fsp3) is 0.538. The van der Waals surface area contributed by atoms with Crippen LogP contribution in [0.2, 0.25) is 0 Å². The number of halogens is 2. The van der Waals surface area contributed by atoms with Gasteiger partial charge in [0, 0.05) is 26.1 Å². The van der Waals surface area contributed by atoms with E-state index in [-0.39, 0.29) is 16.9 Å². The predicted molar refractivity (Wildman–Crippen MR) is 74.7 cm³/mol. The largest absolute Gasteiger partial charge is 0.381 e. The Morgan fingerprint density at radius 2 is 2.05 bits per heavy atom. The summed E-state index contributed by atoms with van der Waals surface area (Å²) in [6, 6.07) is 3.98. The third kappa shape index (κ3) is 3.14. The van der Waals surface area contributed by atoms with Crippen molar-refractivity contribution in [2.75, 3.05) is 20.2 Å². The van der Waals surface area contributed by atoms with Crippen LogP contribution in [-0.4, -0.2) is 39.0 Å². The highest BCUT2D eigenvalue weighted by molar-refractivity contribution is 7.89. The molecule has 0 spiro atoms. The van der Waals surface area contributed by atoms with Crippen LogP contribution < -0.4 is 0 Å². The molecule has 0 N–H and O–H groups in total. The van der Waals surface area contributed by atoms with Gasteiger partial charge in [0.25, 0.3) is 0 Å². The minimum Gasteiger partial charge on any atom is -0.381 e. The van der Waals surface area contributed by atoms with Crippen LogP contribution in [-0.2, 0) is 20.6 Å². The molecule has 1 saturated heterocycles. The molecule has 112 valence electrons. The van der Waals surface area contributed by atoms with E-state index in [1.165, 1.54) is 22.5 Å². The Morgan fingerprint density at radius 3 is 2.55 bits per heavy atom. The lowest BCUT2D eigenvalue weighted by molar-refractivity contribution is 0.0604. The number of alkyl halides is 1. The van der Waals surface area contributed by atoms with Crippen LogP contribution >= 0.6 is 11.6 Å². The molecule has 0 saturated carbocycles. The smallest absolute Gasteiger partial charge is 0.245 e. The van der Waals surface area contributed by atoms with Gasteiger partial charge in [0.2, 0.25) is 10.0 Å². The van der Waals surface area contributed by atoms with Crippen molar-refractivity contribution in [3.63, 3.8) is 0 Å². The number of piperidine rings is 1. The van der Waals surface area contributed by atoms with E-state index < -0.39 is 15.8 Å². The Labute approximate surface area is 123 Å². The van der Waals surface area contributed by atoms with Gasteiger partial charge in [-0.2, -0.15) is 4.31 Å². The van der Waals surface area contributed by atoms with Crippen LogP contribution in [0, 0.1) is 5.82 Å². The zero-order valence-electron chi connectivity index (χ0n) is 11.2. The third-order valence-corrected chi connectivity index (χ3v) is 5.74. The van der Waals surface area contributed by atoms with E-state index in [2.05, 4.69) is 0 Å². The SMILES string of the molecule is COC1CCN(S(=O)(=O)c2ccc(CCl)cc2F)CC1. The highest BCUT2D eigenvalue weighted by atomic mass is 35.5. The average molecular weight is 322 g/mol. The maximum atomic E-state index is 13.9. The number of nitrogens with zero attached hydrogens (tertiary/aromatic N) is 1. The molecule has 0 bridgehead atoms. The van der Waals surface area contributed by atoms with Gasteiger partial charge < -0.3 is 4.74 Å². The van der Waals surface area contributed by atoms with E-state index in [1.54, 1.807) is 7.11 Å². The second-order valence-corrected chi connectivity index (χ2v) is 6.91. The zero-order chi connectivity index (χ0) is 14.8. The van der Waals surface area contributed by atoms with Gasteiger partial charge in [-0.1, -0.05) is 6.07 Å². The fourth-order valence-electron chi connectivity index (χ4n) is 2.28. The predicted octanol–water partition coefficient (Wildman–Crippen LogP) is 2.36. The molecule has 1 aromatic rings. The van der Waals surface area contributed by atoms with Crippen molar-refractivity contribution in [2.45, 2.75) is 29.7 Å². The summed E-state index contributed by atoms with van der Waals surface area (Å²) in [6.07, 6.45) is 1.32. The summed E-state index contributed by atoms with van der Waals surface area (Å²) in [5, 5.41) is 0. The second-order valence-electron chi connectivity index (χ2n) is 4.74. The summed E-state index contributed by atoms with van der Waals surface area (Å²) in [5.74, 6) is -0.603. The first-order valence-corrected chi connectivity index (χ1v) is 8.34. The molecular weight excluding hydrogens is 305 g/mol. The van der Waals surface area contributed by atoms with E-state index in [0.29, 0.717) is 31.5 Å². The Hall–Kier alpha value is -0.690. The third-order valence-electron chi connectivity index (χ3n) is 3.50. The minimum atomic E-state index is -3.79. The van der Waals surface area contributed by atoms with Gasteiger partial charge in [-0.05, 0) is 30.5 Å². The lowest BCUT2D eigenvalue weighted by atomic mass is 10.1. The summed E-state index contributed by atoms with van der Waals surface area (Å²) in [4.78, 5) is -0.290. The van der Waals surface area contributed by atoms with Crippen LogP contribution in [0.25, 0.3) is 0 Å². The topological polar surface area (TPSA) is 46.6 Å². The van der Waals surface area contributed by atoms with Gasteiger partial charge >= 0.3 is 0 Å². The van der Waals surface area contributed by atoms with E-state index in [0.717, 1.165) is 0 Å². The van der Waals surface area contributed by atoms with Crippen molar-refractivity contribution >= 4 is 21.6 Å². The quantitative estimate of drug-likeness (QED) is 0.800. The van der Waals surface area contributed by atoms with Crippen LogP contribution in [0.4, 0.5) is 4.39 Å². The number of hydrogen-bond donors (Lipinski definition) is 0. The maximum absolute atomic E-state index is 13.9. The first-order chi connectivity index (χ1) is 9.48. The van der Waals surface area contributed by atoms with Crippen molar-refractivity contribution in [2.24, 2.45) is 0 Å². The first-order valence-electron chi connectivity index (χ1n) is 6.36. The molecular formula is C13H17ClFNO3S. The van der Waals surface area contributed by atoms with Crippen molar-refractivity contribution < 1.29 is 17.5 Å². The van der Waals surface area contributed by atoms with Gasteiger partial charge in [-0.3, -0.25) is 0 Å². The second kappa shape index (κ2) is 6.39. The van der Waals surface area contributed by atoms with E-state index in [9.17, 15) is 12.8 Å². The molecule has 1 fully saturated rings. The Kier molecular flexibility index (Phi) is 5.01. The van der Waals surface area contributed by atoms with Gasteiger partial charge in [0.05, 0.1) is 6.10 Å². The zero-order valence-corrected chi connectivity index (χ0v) is 12.8. The van der Waals surface area contributed by atoms with Crippen molar-refractivity contribution in [3.8, 4) is 0 Å². The average Bonchev–Trinajstić information content (AvgIpc) is 2.46. The molecule has 0 atom stereocenters. The normalized spacial score (nSPS) is 18.4. The highest BCUT2D eigenvalue weighted by Crippen LogP contribution is 2.24. The van der Waals surface area contributed by atoms with Gasteiger partial charge in [-0.25, -0.2) is 12.8 Å². The molecule has 0 aromatic heterocycles. The molecule has 0 amide bonds. The molecule has 4 nitrogen and oxygen atoms in total. The molecule has 0 unspecified atom stereocenters. The Morgan fingerprint density at radius 1 is 1.40 bits per heavy atom. The number of methoxy groups -OCH3 is 1. The van der Waals surface area contributed by atoms with Crippen molar-refractivity contribution in [3.05, 3.63) is 29.6 Å². The van der Waals surface area contributed by atoms with Crippen molar-refractivity contribution in [1.29, 1.82) is 0 Å². The molecule has 7 heteroatoms. The standard InChI is InChI=1S/C13H17ClFNO3S/c1-19-11-4-6-16(7-5-11)20(17,18)13-3-2-10(9-14)8-12(13)15/h2-3,8,11H,4-7,9H2,1H3. The molecule has 0 radical (unpaired) electrons. The van der Waals surface area contributed by atoms with Crippen LogP contribution in [0.1, 0.15) is 18.4 Å². The summed E-state index contributed by atoms with van der Waals surface area (Å²) < 4.78 is 45.3. The molecule has 1 aliphatic rings. The Bertz CT molecular complexity index is 571. The van der Waals surface area contributed by atoms with Crippen LogP contribution in [0.3, 0.4) is 0 Å². The van der Waals surface area contributed by atoms with Gasteiger partial charge in [0.1, 0.15) is 10.7 Å². The van der Waals surface area contributed by atoms with Gasteiger partial charge in [0.15, 0.2) is 0 Å². The monoisotopic (exact) mass is 321 g/mol. The number of hydrogen-bond acceptors (Lipinski definition) is 3. The molecule has 0 aliphatic carbocycles. The number of rotatable bonds is 4.